The van der Waals surface area contributed by atoms with Crippen LogP contribution in [-0.4, -0.2) is 32.1 Å². The highest BCUT2D eigenvalue weighted by molar-refractivity contribution is 5.85. The van der Waals surface area contributed by atoms with Crippen LogP contribution in [0.15, 0.2) is 0 Å². The van der Waals surface area contributed by atoms with Crippen LogP contribution < -0.4 is 5.32 Å². The van der Waals surface area contributed by atoms with E-state index in [1.165, 1.54) is 0 Å². The molecule has 1 atom stereocenters. The molecule has 0 spiro atoms. The molecule has 0 aliphatic heterocycles. The van der Waals surface area contributed by atoms with E-state index >= 15 is 0 Å². The molecule has 0 heterocycles. The third-order valence-corrected chi connectivity index (χ3v) is 2.07. The maximum Gasteiger partial charge on any atom is 0.162 e. The molecule has 0 aromatic carbocycles. The Labute approximate surface area is 68.1 Å². The Morgan fingerprint density at radius 2 is 2.18 bits per heavy atom. The monoisotopic (exact) mass is 159 g/mol. The summed E-state index contributed by atoms with van der Waals surface area (Å²) in [5, 5.41) is 2.95. The molecule has 0 saturated carbocycles. The van der Waals surface area contributed by atoms with Crippen LogP contribution in [0.3, 0.4) is 0 Å². The quantitative estimate of drug-likeness (QED) is 0.638. The van der Waals surface area contributed by atoms with Crippen molar-refractivity contribution >= 4 is 5.78 Å². The van der Waals surface area contributed by atoms with Crippen molar-refractivity contribution < 1.29 is 9.53 Å². The number of hydrogen-bond donors (Lipinski definition) is 1. The van der Waals surface area contributed by atoms with Crippen LogP contribution in [0, 0.1) is 0 Å². The summed E-state index contributed by atoms with van der Waals surface area (Å²) in [5.41, 5.74) is -0.616. The SMILES string of the molecule is CCC(CNC)(OC)C(C)=O. The number of ketones is 1. The van der Waals surface area contributed by atoms with Gasteiger partial charge in [-0.25, -0.2) is 0 Å². The fourth-order valence-corrected chi connectivity index (χ4v) is 1.14. The van der Waals surface area contributed by atoms with Crippen LogP contribution >= 0.6 is 0 Å². The van der Waals surface area contributed by atoms with Crippen molar-refractivity contribution in [1.29, 1.82) is 0 Å². The molecule has 0 aromatic rings. The Morgan fingerprint density at radius 3 is 2.27 bits per heavy atom. The van der Waals surface area contributed by atoms with Crippen LogP contribution in [0.25, 0.3) is 0 Å². The van der Waals surface area contributed by atoms with Gasteiger partial charge in [0.05, 0.1) is 0 Å². The summed E-state index contributed by atoms with van der Waals surface area (Å²) >= 11 is 0. The summed E-state index contributed by atoms with van der Waals surface area (Å²) in [7, 11) is 3.38. The summed E-state index contributed by atoms with van der Waals surface area (Å²) in [5.74, 6) is 0.0804. The Bertz CT molecular complexity index is 130. The van der Waals surface area contributed by atoms with Gasteiger partial charge in [0.1, 0.15) is 5.60 Å². The Hall–Kier alpha value is -0.410. The van der Waals surface area contributed by atoms with Gasteiger partial charge in [0, 0.05) is 13.7 Å². The van der Waals surface area contributed by atoms with Crippen molar-refractivity contribution in [3.05, 3.63) is 0 Å². The zero-order valence-electron chi connectivity index (χ0n) is 7.73. The molecular formula is C8H17NO2. The minimum absolute atomic E-state index is 0.0804. The van der Waals surface area contributed by atoms with Crippen LogP contribution in [-0.2, 0) is 9.53 Å². The molecule has 1 N–H and O–H groups in total. The van der Waals surface area contributed by atoms with E-state index in [1.807, 2.05) is 14.0 Å². The molecule has 11 heavy (non-hydrogen) atoms. The fourth-order valence-electron chi connectivity index (χ4n) is 1.14. The Kier molecular flexibility index (Phi) is 4.30. The van der Waals surface area contributed by atoms with Gasteiger partial charge >= 0.3 is 0 Å². The van der Waals surface area contributed by atoms with Crippen LogP contribution in [0.2, 0.25) is 0 Å². The van der Waals surface area contributed by atoms with Crippen LogP contribution in [0.1, 0.15) is 20.3 Å². The lowest BCUT2D eigenvalue weighted by Gasteiger charge is -2.27. The number of Topliss-reactive ketones (excluding diaryl/α,β-unsaturated/α-hetero) is 1. The van der Waals surface area contributed by atoms with E-state index in [2.05, 4.69) is 5.32 Å². The zero-order valence-corrected chi connectivity index (χ0v) is 7.73. The predicted octanol–water partition coefficient (Wildman–Crippen LogP) is 0.590. The first-order valence-electron chi connectivity index (χ1n) is 3.83. The van der Waals surface area contributed by atoms with Crippen LogP contribution in [0.5, 0.6) is 0 Å². The molecule has 0 bridgehead atoms. The van der Waals surface area contributed by atoms with Crippen molar-refractivity contribution in [3.8, 4) is 0 Å². The first-order valence-corrected chi connectivity index (χ1v) is 3.83. The van der Waals surface area contributed by atoms with Crippen molar-refractivity contribution in [2.45, 2.75) is 25.9 Å². The van der Waals surface area contributed by atoms with E-state index in [0.717, 1.165) is 0 Å². The number of hydrogen-bond acceptors (Lipinski definition) is 3. The minimum atomic E-state index is -0.616. The van der Waals surface area contributed by atoms with Gasteiger partial charge in [0.25, 0.3) is 0 Å². The average molecular weight is 159 g/mol. The largest absolute Gasteiger partial charge is 0.369 e. The smallest absolute Gasteiger partial charge is 0.162 e. The Morgan fingerprint density at radius 1 is 1.64 bits per heavy atom. The summed E-state index contributed by atoms with van der Waals surface area (Å²) in [6, 6.07) is 0. The fraction of sp³-hybridized carbons (Fsp3) is 0.875. The zero-order chi connectivity index (χ0) is 8.91. The first kappa shape index (κ1) is 10.6. The molecule has 0 aliphatic rings. The molecule has 66 valence electrons. The van der Waals surface area contributed by atoms with Crippen molar-refractivity contribution in [1.82, 2.24) is 5.32 Å². The molecule has 0 amide bonds. The molecule has 3 heteroatoms. The summed E-state index contributed by atoms with van der Waals surface area (Å²) in [6.07, 6.45) is 0.708. The number of ether oxygens (including phenoxy) is 1. The third kappa shape index (κ3) is 2.27. The van der Waals surface area contributed by atoms with Gasteiger partial charge in [-0.2, -0.15) is 0 Å². The lowest BCUT2D eigenvalue weighted by molar-refractivity contribution is -0.138. The van der Waals surface area contributed by atoms with Crippen LogP contribution in [0.4, 0.5) is 0 Å². The third-order valence-electron chi connectivity index (χ3n) is 2.07. The topological polar surface area (TPSA) is 38.3 Å². The van der Waals surface area contributed by atoms with Gasteiger partial charge in [0.15, 0.2) is 5.78 Å². The van der Waals surface area contributed by atoms with Gasteiger partial charge in [-0.1, -0.05) is 6.92 Å². The maximum atomic E-state index is 11.2. The predicted molar refractivity (Wildman–Crippen MR) is 44.6 cm³/mol. The summed E-state index contributed by atoms with van der Waals surface area (Å²) in [6.45, 7) is 4.09. The first-order chi connectivity index (χ1) is 5.13. The highest BCUT2D eigenvalue weighted by atomic mass is 16.5. The molecule has 1 unspecified atom stereocenters. The van der Waals surface area contributed by atoms with Gasteiger partial charge in [-0.3, -0.25) is 4.79 Å². The molecule has 3 nitrogen and oxygen atoms in total. The van der Waals surface area contributed by atoms with Gasteiger partial charge in [-0.15, -0.1) is 0 Å². The van der Waals surface area contributed by atoms with Crippen molar-refractivity contribution in [2.75, 3.05) is 20.7 Å². The Balaban J connectivity index is 4.32. The molecular weight excluding hydrogens is 142 g/mol. The number of carbonyl (C=O) groups is 1. The lowest BCUT2D eigenvalue weighted by Crippen LogP contribution is -2.46. The minimum Gasteiger partial charge on any atom is -0.369 e. The number of likely N-dealkylation sites (N-methyl/N-ethyl adjacent to an activating group) is 1. The van der Waals surface area contributed by atoms with E-state index in [1.54, 1.807) is 14.0 Å². The average Bonchev–Trinajstić information content (AvgIpc) is 2.00. The lowest BCUT2D eigenvalue weighted by atomic mass is 9.96. The second-order valence-corrected chi connectivity index (χ2v) is 2.64. The summed E-state index contributed by atoms with van der Waals surface area (Å²) in [4.78, 5) is 11.2. The van der Waals surface area contributed by atoms with E-state index in [4.69, 9.17) is 4.74 Å². The second-order valence-electron chi connectivity index (χ2n) is 2.64. The molecule has 0 aromatic heterocycles. The van der Waals surface area contributed by atoms with E-state index in [-0.39, 0.29) is 5.78 Å². The maximum absolute atomic E-state index is 11.2. The molecule has 0 aliphatic carbocycles. The normalized spacial score (nSPS) is 16.0. The van der Waals surface area contributed by atoms with Gasteiger partial charge in [0.2, 0.25) is 0 Å². The van der Waals surface area contributed by atoms with E-state index in [0.29, 0.717) is 13.0 Å². The summed E-state index contributed by atoms with van der Waals surface area (Å²) < 4.78 is 5.18. The number of carbonyl (C=O) groups excluding carboxylic acids is 1. The molecule has 0 saturated heterocycles. The molecule has 0 radical (unpaired) electrons. The number of methoxy groups -OCH3 is 1. The highest BCUT2D eigenvalue weighted by Crippen LogP contribution is 2.14. The van der Waals surface area contributed by atoms with Crippen molar-refractivity contribution in [3.63, 3.8) is 0 Å². The standard InChI is InChI=1S/C8H17NO2/c1-5-8(11-4,6-9-3)7(2)10/h9H,5-6H2,1-4H3. The number of rotatable bonds is 5. The van der Waals surface area contributed by atoms with Gasteiger partial charge < -0.3 is 10.1 Å². The molecule has 0 rings (SSSR count). The van der Waals surface area contributed by atoms with Crippen molar-refractivity contribution in [2.24, 2.45) is 0 Å². The second kappa shape index (κ2) is 4.46. The van der Waals surface area contributed by atoms with Gasteiger partial charge in [-0.05, 0) is 20.4 Å². The number of nitrogens with one attached hydrogen (secondary N) is 1. The van der Waals surface area contributed by atoms with E-state index in [9.17, 15) is 4.79 Å². The molecule has 0 fully saturated rings. The highest BCUT2D eigenvalue weighted by Gasteiger charge is 2.32. The van der Waals surface area contributed by atoms with E-state index < -0.39 is 5.60 Å².